The number of hydrogen-bond acceptors (Lipinski definition) is 6. The lowest BCUT2D eigenvalue weighted by Gasteiger charge is -2.26. The number of benzene rings is 2. The number of ether oxygens (including phenoxy) is 2. The van der Waals surface area contributed by atoms with Crippen molar-refractivity contribution in [1.29, 1.82) is 0 Å². The van der Waals surface area contributed by atoms with E-state index >= 15 is 0 Å². The highest BCUT2D eigenvalue weighted by Gasteiger charge is 2.27. The first-order valence-electron chi connectivity index (χ1n) is 9.39. The van der Waals surface area contributed by atoms with E-state index in [1.165, 1.54) is 40.7 Å². The average Bonchev–Trinajstić information content (AvgIpc) is 2.76. The van der Waals surface area contributed by atoms with E-state index in [0.717, 1.165) is 0 Å². The molecule has 1 aliphatic rings. The van der Waals surface area contributed by atoms with Gasteiger partial charge in [-0.25, -0.2) is 13.2 Å². The largest absolute Gasteiger partial charge is 0.462 e. The number of sulfonamides is 1. The molecule has 0 saturated carbocycles. The molecule has 166 valence electrons. The molecule has 1 aliphatic heterocycles. The highest BCUT2D eigenvalue weighted by Crippen LogP contribution is 2.26. The summed E-state index contributed by atoms with van der Waals surface area (Å²) >= 11 is 12.2. The van der Waals surface area contributed by atoms with Crippen LogP contribution in [0, 0.1) is 0 Å². The lowest BCUT2D eigenvalue weighted by atomic mass is 10.1. The molecule has 0 aromatic heterocycles. The summed E-state index contributed by atoms with van der Waals surface area (Å²) in [6.07, 6.45) is 0. The van der Waals surface area contributed by atoms with Gasteiger partial charge in [0, 0.05) is 18.8 Å². The molecule has 0 bridgehead atoms. The van der Waals surface area contributed by atoms with Crippen LogP contribution in [0.3, 0.4) is 0 Å². The molecule has 1 heterocycles. The van der Waals surface area contributed by atoms with Gasteiger partial charge in [-0.2, -0.15) is 4.31 Å². The number of rotatable bonds is 6. The van der Waals surface area contributed by atoms with Gasteiger partial charge in [0.15, 0.2) is 0 Å². The zero-order valence-electron chi connectivity index (χ0n) is 16.6. The fourth-order valence-corrected chi connectivity index (χ4v) is 4.77. The van der Waals surface area contributed by atoms with Crippen molar-refractivity contribution in [2.75, 3.05) is 38.2 Å². The summed E-state index contributed by atoms with van der Waals surface area (Å²) in [4.78, 5) is 24.8. The number of anilines is 1. The van der Waals surface area contributed by atoms with E-state index in [9.17, 15) is 18.0 Å². The molecule has 0 radical (unpaired) electrons. The predicted octanol–water partition coefficient (Wildman–Crippen LogP) is 3.44. The Morgan fingerprint density at radius 3 is 2.39 bits per heavy atom. The summed E-state index contributed by atoms with van der Waals surface area (Å²) < 4.78 is 37.2. The molecule has 1 saturated heterocycles. The van der Waals surface area contributed by atoms with Gasteiger partial charge < -0.3 is 14.8 Å². The summed E-state index contributed by atoms with van der Waals surface area (Å²) in [6.45, 7) is 2.91. The Labute approximate surface area is 190 Å². The normalized spacial score (nSPS) is 14.8. The Bertz CT molecular complexity index is 1100. The zero-order chi connectivity index (χ0) is 22.6. The maximum absolute atomic E-state index is 12.9. The van der Waals surface area contributed by atoms with E-state index in [-0.39, 0.29) is 51.5 Å². The van der Waals surface area contributed by atoms with Crippen molar-refractivity contribution in [2.24, 2.45) is 0 Å². The number of halogens is 2. The van der Waals surface area contributed by atoms with Crippen molar-refractivity contribution < 1.29 is 27.5 Å². The van der Waals surface area contributed by atoms with Crippen molar-refractivity contribution in [3.8, 4) is 0 Å². The smallest absolute Gasteiger partial charge is 0.339 e. The zero-order valence-corrected chi connectivity index (χ0v) is 18.9. The number of carbonyl (C=O) groups is 2. The standard InChI is InChI=1S/C20H20Cl2N2O6S/c1-2-30-20(26)16-11-13(3-5-18(16)22)23-19(25)15-12-14(4-6-17(15)21)31(27,28)24-7-9-29-10-8-24/h3-6,11-12H,2,7-10H2,1H3,(H,23,25). The van der Waals surface area contributed by atoms with Crippen LogP contribution in [0.15, 0.2) is 41.3 Å². The lowest BCUT2D eigenvalue weighted by molar-refractivity contribution is 0.0526. The van der Waals surface area contributed by atoms with Gasteiger partial charge in [0.05, 0.1) is 45.9 Å². The van der Waals surface area contributed by atoms with Crippen LogP contribution >= 0.6 is 23.2 Å². The molecule has 31 heavy (non-hydrogen) atoms. The molecule has 1 N–H and O–H groups in total. The van der Waals surface area contributed by atoms with Crippen LogP contribution in [0.1, 0.15) is 27.6 Å². The van der Waals surface area contributed by atoms with Crippen LogP contribution < -0.4 is 5.32 Å². The predicted molar refractivity (Wildman–Crippen MR) is 116 cm³/mol. The van der Waals surface area contributed by atoms with Gasteiger partial charge in [0.1, 0.15) is 0 Å². The molecule has 0 unspecified atom stereocenters. The van der Waals surface area contributed by atoms with Crippen LogP contribution in [-0.2, 0) is 19.5 Å². The number of morpholine rings is 1. The van der Waals surface area contributed by atoms with E-state index in [1.807, 2.05) is 0 Å². The van der Waals surface area contributed by atoms with Crippen molar-refractivity contribution in [3.63, 3.8) is 0 Å². The quantitative estimate of drug-likeness (QED) is 0.627. The third-order valence-corrected chi connectivity index (χ3v) is 7.06. The summed E-state index contributed by atoms with van der Waals surface area (Å²) in [5, 5.41) is 2.86. The van der Waals surface area contributed by atoms with Gasteiger partial charge in [0.2, 0.25) is 10.0 Å². The number of nitrogens with zero attached hydrogens (tertiary/aromatic N) is 1. The summed E-state index contributed by atoms with van der Waals surface area (Å²) in [5.41, 5.74) is 0.342. The second-order valence-corrected chi connectivity index (χ2v) is 9.28. The molecule has 2 aromatic carbocycles. The van der Waals surface area contributed by atoms with E-state index < -0.39 is 21.9 Å². The maximum Gasteiger partial charge on any atom is 0.339 e. The molecule has 8 nitrogen and oxygen atoms in total. The Morgan fingerprint density at radius 2 is 1.71 bits per heavy atom. The number of hydrogen-bond donors (Lipinski definition) is 1. The summed E-state index contributed by atoms with van der Waals surface area (Å²) in [7, 11) is -3.80. The summed E-state index contributed by atoms with van der Waals surface area (Å²) in [5.74, 6) is -1.26. The molecule has 11 heteroatoms. The van der Waals surface area contributed by atoms with Crippen LogP contribution in [0.2, 0.25) is 10.0 Å². The number of amides is 1. The van der Waals surface area contributed by atoms with Gasteiger partial charge in [-0.3, -0.25) is 4.79 Å². The Kier molecular flexibility index (Phi) is 7.55. The van der Waals surface area contributed by atoms with Crippen LogP contribution in [0.25, 0.3) is 0 Å². The van der Waals surface area contributed by atoms with Crippen molar-refractivity contribution >= 4 is 50.8 Å². The minimum atomic E-state index is -3.80. The lowest BCUT2D eigenvalue weighted by Crippen LogP contribution is -2.40. The minimum Gasteiger partial charge on any atom is -0.462 e. The minimum absolute atomic E-state index is 0.0244. The number of carbonyl (C=O) groups excluding carboxylic acids is 2. The van der Waals surface area contributed by atoms with E-state index in [1.54, 1.807) is 6.92 Å². The summed E-state index contributed by atoms with van der Waals surface area (Å²) in [6, 6.07) is 8.27. The molecule has 2 aromatic rings. The molecule has 3 rings (SSSR count). The highest BCUT2D eigenvalue weighted by atomic mass is 35.5. The average molecular weight is 487 g/mol. The van der Waals surface area contributed by atoms with Gasteiger partial charge in [0.25, 0.3) is 5.91 Å². The van der Waals surface area contributed by atoms with Crippen LogP contribution in [-0.4, -0.2) is 57.5 Å². The first-order chi connectivity index (χ1) is 14.7. The Balaban J connectivity index is 1.86. The maximum atomic E-state index is 12.9. The SMILES string of the molecule is CCOC(=O)c1cc(NC(=O)c2cc(S(=O)(=O)N3CCOCC3)ccc2Cl)ccc1Cl. The van der Waals surface area contributed by atoms with Crippen LogP contribution in [0.5, 0.6) is 0 Å². The van der Waals surface area contributed by atoms with Gasteiger partial charge in [-0.05, 0) is 43.3 Å². The third-order valence-electron chi connectivity index (χ3n) is 4.51. The van der Waals surface area contributed by atoms with Gasteiger partial charge in [-0.1, -0.05) is 23.2 Å². The van der Waals surface area contributed by atoms with Crippen molar-refractivity contribution in [2.45, 2.75) is 11.8 Å². The molecule has 0 atom stereocenters. The molecule has 0 spiro atoms. The first kappa shape index (κ1) is 23.5. The fraction of sp³-hybridized carbons (Fsp3) is 0.300. The second kappa shape index (κ2) is 9.97. The van der Waals surface area contributed by atoms with Crippen LogP contribution in [0.4, 0.5) is 5.69 Å². The number of nitrogens with one attached hydrogen (secondary N) is 1. The van der Waals surface area contributed by atoms with E-state index in [2.05, 4.69) is 5.32 Å². The molecular weight excluding hydrogens is 467 g/mol. The third kappa shape index (κ3) is 5.36. The highest BCUT2D eigenvalue weighted by molar-refractivity contribution is 7.89. The molecule has 0 aliphatic carbocycles. The molecule has 1 fully saturated rings. The molecule has 1 amide bonds. The van der Waals surface area contributed by atoms with E-state index in [4.69, 9.17) is 32.7 Å². The Morgan fingerprint density at radius 1 is 1.06 bits per heavy atom. The molecular formula is C20H20Cl2N2O6S. The van der Waals surface area contributed by atoms with Gasteiger partial charge in [-0.15, -0.1) is 0 Å². The van der Waals surface area contributed by atoms with Crippen molar-refractivity contribution in [3.05, 3.63) is 57.6 Å². The second-order valence-electron chi connectivity index (χ2n) is 6.53. The van der Waals surface area contributed by atoms with E-state index in [0.29, 0.717) is 13.2 Å². The Hall–Kier alpha value is -2.17. The van der Waals surface area contributed by atoms with Gasteiger partial charge >= 0.3 is 5.97 Å². The van der Waals surface area contributed by atoms with Crippen molar-refractivity contribution in [1.82, 2.24) is 4.31 Å². The topological polar surface area (TPSA) is 102 Å². The number of esters is 1. The fourth-order valence-electron chi connectivity index (χ4n) is 2.94. The monoisotopic (exact) mass is 486 g/mol. The first-order valence-corrected chi connectivity index (χ1v) is 11.6.